The number of nitrogens with zero attached hydrogens (tertiary/aromatic N) is 2. The van der Waals surface area contributed by atoms with Crippen LogP contribution in [0.1, 0.15) is 18.7 Å². The van der Waals surface area contributed by atoms with Crippen LogP contribution in [0.4, 0.5) is 4.39 Å². The molecule has 0 amide bonds. The normalized spacial score (nSPS) is 19.8. The Morgan fingerprint density at radius 1 is 1.15 bits per heavy atom. The Hall–Kier alpha value is -1.66. The van der Waals surface area contributed by atoms with Gasteiger partial charge in [-0.2, -0.15) is 4.31 Å². The van der Waals surface area contributed by atoms with Gasteiger partial charge in [0.05, 0.1) is 10.9 Å². The van der Waals surface area contributed by atoms with Crippen molar-refractivity contribution in [2.45, 2.75) is 24.4 Å². The van der Waals surface area contributed by atoms with Crippen molar-refractivity contribution >= 4 is 10.0 Å². The van der Waals surface area contributed by atoms with Crippen molar-refractivity contribution in [3.05, 3.63) is 54.1 Å². The maximum absolute atomic E-state index is 12.9. The summed E-state index contributed by atoms with van der Waals surface area (Å²) in [5.74, 6) is -0.440. The molecule has 2 heterocycles. The molecule has 20 heavy (non-hydrogen) atoms. The molecule has 0 radical (unpaired) electrons. The highest BCUT2D eigenvalue weighted by Gasteiger charge is 2.33. The van der Waals surface area contributed by atoms with Crippen molar-refractivity contribution in [2.24, 2.45) is 0 Å². The summed E-state index contributed by atoms with van der Waals surface area (Å²) in [7, 11) is -3.60. The van der Waals surface area contributed by atoms with E-state index in [1.165, 1.54) is 28.6 Å². The first-order valence-corrected chi connectivity index (χ1v) is 7.86. The number of rotatable bonds is 2. The summed E-state index contributed by atoms with van der Waals surface area (Å²) in [6.07, 6.45) is 1.95. The van der Waals surface area contributed by atoms with E-state index in [0.29, 0.717) is 13.1 Å². The second-order valence-electron chi connectivity index (χ2n) is 4.87. The Bertz CT molecular complexity index is 722. The van der Waals surface area contributed by atoms with E-state index in [4.69, 9.17) is 0 Å². The van der Waals surface area contributed by atoms with Crippen LogP contribution in [0.5, 0.6) is 0 Å². The zero-order chi connectivity index (χ0) is 14.3. The topological polar surface area (TPSA) is 42.3 Å². The quantitative estimate of drug-likeness (QED) is 0.853. The van der Waals surface area contributed by atoms with Gasteiger partial charge in [0, 0.05) is 25.0 Å². The summed E-state index contributed by atoms with van der Waals surface area (Å²) in [5, 5.41) is 0. The van der Waals surface area contributed by atoms with Crippen molar-refractivity contribution in [3.8, 4) is 0 Å². The lowest BCUT2D eigenvalue weighted by Gasteiger charge is -2.33. The smallest absolute Gasteiger partial charge is 0.243 e. The minimum absolute atomic E-state index is 0.130. The fourth-order valence-corrected chi connectivity index (χ4v) is 4.23. The lowest BCUT2D eigenvalue weighted by molar-refractivity contribution is 0.282. The monoisotopic (exact) mass is 294 g/mol. The van der Waals surface area contributed by atoms with Gasteiger partial charge < -0.3 is 4.57 Å². The molecule has 0 spiro atoms. The number of sulfonamides is 1. The minimum atomic E-state index is -3.60. The van der Waals surface area contributed by atoms with Crippen molar-refractivity contribution in [1.82, 2.24) is 8.87 Å². The molecular weight excluding hydrogens is 279 g/mol. The highest BCUT2D eigenvalue weighted by atomic mass is 32.2. The maximum atomic E-state index is 12.9. The van der Waals surface area contributed by atoms with Gasteiger partial charge in [-0.05, 0) is 43.3 Å². The molecule has 0 unspecified atom stereocenters. The SMILES string of the molecule is C[C@@H]1c2cccn2CCN1S(=O)(=O)c1ccc(F)cc1. The third-order valence-electron chi connectivity index (χ3n) is 3.71. The molecule has 1 aliphatic rings. The highest BCUT2D eigenvalue weighted by Crippen LogP contribution is 2.30. The van der Waals surface area contributed by atoms with Crippen molar-refractivity contribution in [3.63, 3.8) is 0 Å². The lowest BCUT2D eigenvalue weighted by atomic mass is 10.2. The van der Waals surface area contributed by atoms with Gasteiger partial charge in [-0.25, -0.2) is 12.8 Å². The molecule has 1 aliphatic heterocycles. The average molecular weight is 294 g/mol. The van der Waals surface area contributed by atoms with Crippen LogP contribution >= 0.6 is 0 Å². The van der Waals surface area contributed by atoms with E-state index in [-0.39, 0.29) is 10.9 Å². The fourth-order valence-electron chi connectivity index (χ4n) is 2.63. The number of hydrogen-bond donors (Lipinski definition) is 0. The van der Waals surface area contributed by atoms with Crippen LogP contribution in [-0.4, -0.2) is 23.8 Å². The summed E-state index contributed by atoms with van der Waals surface area (Å²) < 4.78 is 41.7. The Kier molecular flexibility index (Phi) is 3.14. The van der Waals surface area contributed by atoms with Crippen molar-refractivity contribution < 1.29 is 12.8 Å². The van der Waals surface area contributed by atoms with Crippen LogP contribution in [0.15, 0.2) is 47.5 Å². The highest BCUT2D eigenvalue weighted by molar-refractivity contribution is 7.89. The molecule has 0 N–H and O–H groups in total. The van der Waals surface area contributed by atoms with E-state index in [1.54, 1.807) is 0 Å². The van der Waals surface area contributed by atoms with E-state index in [2.05, 4.69) is 4.57 Å². The standard InChI is InChI=1S/C14H15FN2O2S/c1-11-14-3-2-8-16(14)9-10-17(11)20(18,19)13-6-4-12(15)5-7-13/h2-8,11H,9-10H2,1H3/t11-/m1/s1. The van der Waals surface area contributed by atoms with Gasteiger partial charge >= 0.3 is 0 Å². The molecule has 0 saturated carbocycles. The predicted octanol–water partition coefficient (Wildman–Crippen LogP) is 2.39. The molecule has 0 saturated heterocycles. The van der Waals surface area contributed by atoms with Gasteiger partial charge in [0.25, 0.3) is 0 Å². The molecule has 0 bridgehead atoms. The van der Waals surface area contributed by atoms with Gasteiger partial charge in [-0.3, -0.25) is 0 Å². The van der Waals surface area contributed by atoms with Crippen LogP contribution in [0.3, 0.4) is 0 Å². The second-order valence-corrected chi connectivity index (χ2v) is 6.76. The number of fused-ring (bicyclic) bond motifs is 1. The lowest BCUT2D eigenvalue weighted by Crippen LogP contribution is -2.40. The molecule has 0 aliphatic carbocycles. The molecule has 2 aromatic rings. The minimum Gasteiger partial charge on any atom is -0.349 e. The van der Waals surface area contributed by atoms with E-state index < -0.39 is 15.8 Å². The Morgan fingerprint density at radius 3 is 2.55 bits per heavy atom. The molecule has 4 nitrogen and oxygen atoms in total. The molecule has 106 valence electrons. The zero-order valence-corrected chi connectivity index (χ0v) is 11.8. The van der Waals surface area contributed by atoms with Crippen molar-refractivity contribution in [1.29, 1.82) is 0 Å². The third kappa shape index (κ3) is 2.05. The average Bonchev–Trinajstić information content (AvgIpc) is 2.88. The molecule has 1 atom stereocenters. The van der Waals surface area contributed by atoms with Gasteiger partial charge in [0.15, 0.2) is 0 Å². The Morgan fingerprint density at radius 2 is 1.85 bits per heavy atom. The first kappa shape index (κ1) is 13.3. The molecule has 6 heteroatoms. The summed E-state index contributed by atoms with van der Waals surface area (Å²) >= 11 is 0. The largest absolute Gasteiger partial charge is 0.349 e. The first-order chi connectivity index (χ1) is 9.50. The number of halogens is 1. The molecule has 3 rings (SSSR count). The molecular formula is C14H15FN2O2S. The predicted molar refractivity (Wildman–Crippen MR) is 73.1 cm³/mol. The molecule has 1 aromatic carbocycles. The van der Waals surface area contributed by atoms with Gasteiger partial charge in [-0.1, -0.05) is 0 Å². The summed E-state index contributed by atoms with van der Waals surface area (Å²) in [6, 6.07) is 8.58. The van der Waals surface area contributed by atoms with Gasteiger partial charge in [0.1, 0.15) is 5.82 Å². The number of hydrogen-bond acceptors (Lipinski definition) is 2. The van der Waals surface area contributed by atoms with Crippen LogP contribution in [0.25, 0.3) is 0 Å². The first-order valence-electron chi connectivity index (χ1n) is 6.42. The third-order valence-corrected chi connectivity index (χ3v) is 5.69. The van der Waals surface area contributed by atoms with Crippen LogP contribution in [0.2, 0.25) is 0 Å². The van der Waals surface area contributed by atoms with E-state index in [0.717, 1.165) is 5.69 Å². The van der Waals surface area contributed by atoms with Crippen molar-refractivity contribution in [2.75, 3.05) is 6.54 Å². The van der Waals surface area contributed by atoms with E-state index in [1.807, 2.05) is 25.3 Å². The van der Waals surface area contributed by atoms with Crippen LogP contribution in [-0.2, 0) is 16.6 Å². The van der Waals surface area contributed by atoms with Gasteiger partial charge in [-0.15, -0.1) is 0 Å². The summed E-state index contributed by atoms with van der Waals surface area (Å²) in [5.41, 5.74) is 0.974. The maximum Gasteiger partial charge on any atom is 0.243 e. The Labute approximate surface area is 117 Å². The Balaban J connectivity index is 1.99. The fraction of sp³-hybridized carbons (Fsp3) is 0.286. The molecule has 1 aromatic heterocycles. The summed E-state index contributed by atoms with van der Waals surface area (Å²) in [4.78, 5) is 0.130. The van der Waals surface area contributed by atoms with Crippen LogP contribution in [0, 0.1) is 5.82 Å². The van der Waals surface area contributed by atoms with Gasteiger partial charge in [0.2, 0.25) is 10.0 Å². The molecule has 0 fully saturated rings. The number of aromatic nitrogens is 1. The van der Waals surface area contributed by atoms with E-state index in [9.17, 15) is 12.8 Å². The zero-order valence-electron chi connectivity index (χ0n) is 11.0. The van der Waals surface area contributed by atoms with E-state index >= 15 is 0 Å². The second kappa shape index (κ2) is 4.71. The van der Waals surface area contributed by atoms with Crippen LogP contribution < -0.4 is 0 Å². The summed E-state index contributed by atoms with van der Waals surface area (Å²) in [6.45, 7) is 2.92. The number of benzene rings is 1.